The number of nitrogens with zero attached hydrogens (tertiary/aromatic N) is 3. The molecule has 1 atom stereocenters. The maximum Gasteiger partial charge on any atom is 0.305 e. The van der Waals surface area contributed by atoms with Crippen LogP contribution in [0.3, 0.4) is 0 Å². The van der Waals surface area contributed by atoms with E-state index in [2.05, 4.69) is 15.5 Å². The number of rotatable bonds is 8. The molecule has 8 heteroatoms. The van der Waals surface area contributed by atoms with Gasteiger partial charge in [-0.05, 0) is 19.4 Å². The first-order valence-corrected chi connectivity index (χ1v) is 8.54. The Hall–Kier alpha value is -2.35. The third kappa shape index (κ3) is 5.09. The summed E-state index contributed by atoms with van der Waals surface area (Å²) in [7, 11) is 0. The molecule has 24 heavy (non-hydrogen) atoms. The predicted octanol–water partition coefficient (Wildman–Crippen LogP) is 2.28. The fraction of sp³-hybridized carbons (Fsp3) is 0.375. The molecule has 1 unspecified atom stereocenters. The second kappa shape index (κ2) is 8.49. The number of hydrogen-bond acceptors (Lipinski definition) is 5. The standard InChI is InChI=1S/C16H20N4O3S/c1-11(2)20-10-17-19-16(20)24-9-14(21)18-13(8-15(22)23)12-6-4-3-5-7-12/h3-7,10-11,13H,8-9H2,1-2H3,(H,18,21)(H,22,23). The van der Waals surface area contributed by atoms with E-state index >= 15 is 0 Å². The predicted molar refractivity (Wildman–Crippen MR) is 90.7 cm³/mol. The molecule has 7 nitrogen and oxygen atoms in total. The minimum atomic E-state index is -0.962. The van der Waals surface area contributed by atoms with E-state index in [4.69, 9.17) is 5.11 Å². The van der Waals surface area contributed by atoms with E-state index in [0.717, 1.165) is 5.56 Å². The van der Waals surface area contributed by atoms with Crippen LogP contribution in [0.4, 0.5) is 0 Å². The first-order chi connectivity index (χ1) is 11.5. The number of aliphatic carboxylic acids is 1. The maximum absolute atomic E-state index is 12.2. The van der Waals surface area contributed by atoms with Gasteiger partial charge in [-0.1, -0.05) is 42.1 Å². The highest BCUT2D eigenvalue weighted by Gasteiger charge is 2.18. The summed E-state index contributed by atoms with van der Waals surface area (Å²) >= 11 is 1.28. The number of thioether (sulfide) groups is 1. The number of carbonyl (C=O) groups excluding carboxylic acids is 1. The molecule has 0 aliphatic carbocycles. The quantitative estimate of drug-likeness (QED) is 0.711. The zero-order chi connectivity index (χ0) is 17.5. The number of hydrogen-bond donors (Lipinski definition) is 2. The molecule has 1 heterocycles. The summed E-state index contributed by atoms with van der Waals surface area (Å²) in [4.78, 5) is 23.3. The third-order valence-corrected chi connectivity index (χ3v) is 4.30. The minimum absolute atomic E-state index is 0.147. The normalized spacial score (nSPS) is 12.1. The van der Waals surface area contributed by atoms with E-state index in [9.17, 15) is 9.59 Å². The molecule has 0 spiro atoms. The fourth-order valence-corrected chi connectivity index (χ4v) is 3.02. The zero-order valence-corrected chi connectivity index (χ0v) is 14.4. The van der Waals surface area contributed by atoms with E-state index in [1.807, 2.05) is 36.6 Å². The van der Waals surface area contributed by atoms with E-state index < -0.39 is 12.0 Å². The Kier molecular flexibility index (Phi) is 6.36. The monoisotopic (exact) mass is 348 g/mol. The lowest BCUT2D eigenvalue weighted by molar-refractivity contribution is -0.137. The van der Waals surface area contributed by atoms with E-state index in [-0.39, 0.29) is 24.1 Å². The summed E-state index contributed by atoms with van der Waals surface area (Å²) in [6.45, 7) is 4.01. The number of benzene rings is 1. The summed E-state index contributed by atoms with van der Waals surface area (Å²) in [5.74, 6) is -1.06. The number of aromatic nitrogens is 3. The Morgan fingerprint density at radius 1 is 1.29 bits per heavy atom. The Labute approximate surface area is 144 Å². The third-order valence-electron chi connectivity index (χ3n) is 3.34. The van der Waals surface area contributed by atoms with Crippen LogP contribution in [0, 0.1) is 0 Å². The second-order valence-corrected chi connectivity index (χ2v) is 6.47. The van der Waals surface area contributed by atoms with Crippen molar-refractivity contribution < 1.29 is 14.7 Å². The van der Waals surface area contributed by atoms with E-state index in [0.29, 0.717) is 5.16 Å². The van der Waals surface area contributed by atoms with Crippen LogP contribution < -0.4 is 5.32 Å². The van der Waals surface area contributed by atoms with Crippen molar-refractivity contribution in [1.82, 2.24) is 20.1 Å². The number of nitrogens with one attached hydrogen (secondary N) is 1. The number of amides is 1. The number of carboxylic acids is 1. The van der Waals surface area contributed by atoms with Gasteiger partial charge in [-0.25, -0.2) is 0 Å². The summed E-state index contributed by atoms with van der Waals surface area (Å²) in [6, 6.07) is 8.73. The highest BCUT2D eigenvalue weighted by molar-refractivity contribution is 7.99. The molecule has 1 amide bonds. The van der Waals surface area contributed by atoms with Crippen molar-refractivity contribution in [1.29, 1.82) is 0 Å². The van der Waals surface area contributed by atoms with Crippen LogP contribution >= 0.6 is 11.8 Å². The highest BCUT2D eigenvalue weighted by atomic mass is 32.2. The van der Waals surface area contributed by atoms with Crippen molar-refractivity contribution in [3.63, 3.8) is 0 Å². The first kappa shape index (κ1) is 18.0. The largest absolute Gasteiger partial charge is 0.481 e. The number of carbonyl (C=O) groups is 2. The van der Waals surface area contributed by atoms with Crippen LogP contribution in [0.25, 0.3) is 0 Å². The lowest BCUT2D eigenvalue weighted by atomic mass is 10.0. The molecule has 2 N–H and O–H groups in total. The minimum Gasteiger partial charge on any atom is -0.481 e. The number of carboxylic acid groups (broad SMARTS) is 1. The van der Waals surface area contributed by atoms with Crippen molar-refractivity contribution in [3.8, 4) is 0 Å². The smallest absolute Gasteiger partial charge is 0.305 e. The van der Waals surface area contributed by atoms with Crippen LogP contribution in [0.15, 0.2) is 41.8 Å². The average Bonchev–Trinajstić information content (AvgIpc) is 3.01. The Bertz CT molecular complexity index is 688. The molecule has 0 aliphatic heterocycles. The Morgan fingerprint density at radius 3 is 2.62 bits per heavy atom. The molecule has 0 radical (unpaired) electrons. The lowest BCUT2D eigenvalue weighted by Gasteiger charge is -2.17. The molecule has 1 aromatic carbocycles. The molecule has 0 saturated heterocycles. The van der Waals surface area contributed by atoms with E-state index in [1.165, 1.54) is 11.8 Å². The van der Waals surface area contributed by atoms with Gasteiger partial charge in [0.25, 0.3) is 0 Å². The molecule has 2 aromatic rings. The van der Waals surface area contributed by atoms with Gasteiger partial charge in [0.05, 0.1) is 18.2 Å². The van der Waals surface area contributed by atoms with E-state index in [1.54, 1.807) is 18.5 Å². The van der Waals surface area contributed by atoms with Crippen LogP contribution in [0.1, 0.15) is 37.9 Å². The molecular weight excluding hydrogens is 328 g/mol. The van der Waals surface area contributed by atoms with Gasteiger partial charge in [-0.15, -0.1) is 10.2 Å². The van der Waals surface area contributed by atoms with Crippen molar-refractivity contribution in [2.45, 2.75) is 37.5 Å². The van der Waals surface area contributed by atoms with Crippen molar-refractivity contribution in [3.05, 3.63) is 42.2 Å². The van der Waals surface area contributed by atoms with Crippen LogP contribution in [0.2, 0.25) is 0 Å². The summed E-state index contributed by atoms with van der Waals surface area (Å²) in [5, 5.41) is 20.3. The fourth-order valence-electron chi connectivity index (χ4n) is 2.17. The maximum atomic E-state index is 12.2. The van der Waals surface area contributed by atoms with Gasteiger partial charge in [0.1, 0.15) is 6.33 Å². The first-order valence-electron chi connectivity index (χ1n) is 7.55. The van der Waals surface area contributed by atoms with Gasteiger partial charge in [-0.3, -0.25) is 9.59 Å². The molecule has 0 bridgehead atoms. The average molecular weight is 348 g/mol. The molecular formula is C16H20N4O3S. The highest BCUT2D eigenvalue weighted by Crippen LogP contribution is 2.20. The second-order valence-electron chi connectivity index (χ2n) is 5.53. The molecule has 1 aromatic heterocycles. The van der Waals surface area contributed by atoms with Gasteiger partial charge >= 0.3 is 5.97 Å². The summed E-state index contributed by atoms with van der Waals surface area (Å²) < 4.78 is 1.88. The Morgan fingerprint density at radius 2 is 2.00 bits per heavy atom. The summed E-state index contributed by atoms with van der Waals surface area (Å²) in [6.07, 6.45) is 1.46. The molecule has 0 fully saturated rings. The molecule has 2 rings (SSSR count). The molecule has 0 saturated carbocycles. The van der Waals surface area contributed by atoms with Crippen LogP contribution in [-0.4, -0.2) is 37.5 Å². The van der Waals surface area contributed by atoms with Gasteiger partial charge in [0.2, 0.25) is 5.91 Å². The zero-order valence-electron chi connectivity index (χ0n) is 13.5. The molecule has 0 aliphatic rings. The summed E-state index contributed by atoms with van der Waals surface area (Å²) in [5.41, 5.74) is 0.767. The van der Waals surface area contributed by atoms with Gasteiger partial charge in [0.15, 0.2) is 5.16 Å². The van der Waals surface area contributed by atoms with Gasteiger partial charge in [0, 0.05) is 6.04 Å². The lowest BCUT2D eigenvalue weighted by Crippen LogP contribution is -2.31. The molecule has 128 valence electrons. The van der Waals surface area contributed by atoms with Crippen LogP contribution in [-0.2, 0) is 9.59 Å². The van der Waals surface area contributed by atoms with Gasteiger partial charge < -0.3 is 15.0 Å². The van der Waals surface area contributed by atoms with Crippen molar-refractivity contribution >= 4 is 23.6 Å². The van der Waals surface area contributed by atoms with Crippen molar-refractivity contribution in [2.75, 3.05) is 5.75 Å². The van der Waals surface area contributed by atoms with Crippen LogP contribution in [0.5, 0.6) is 0 Å². The van der Waals surface area contributed by atoms with Crippen molar-refractivity contribution in [2.24, 2.45) is 0 Å². The Balaban J connectivity index is 1.97. The SMILES string of the molecule is CC(C)n1cnnc1SCC(=O)NC(CC(=O)O)c1ccccc1. The van der Waals surface area contributed by atoms with Gasteiger partial charge in [-0.2, -0.15) is 0 Å². The topological polar surface area (TPSA) is 97.1 Å².